The predicted molar refractivity (Wildman–Crippen MR) is 64.3 cm³/mol. The highest BCUT2D eigenvalue weighted by atomic mass is 14.9. The first-order valence-electron chi connectivity index (χ1n) is 4.22. The minimum Gasteiger partial charge on any atom is -0.265 e. The molecule has 2 heterocycles. The van der Waals surface area contributed by atoms with Crippen LogP contribution in [0, 0.1) is 0 Å². The van der Waals surface area contributed by atoms with E-state index in [1.54, 1.807) is 0 Å². The Morgan fingerprint density at radius 3 is 1.87 bits per heavy atom. The molecule has 0 radical (unpaired) electrons. The molecule has 0 aliphatic heterocycles. The van der Waals surface area contributed by atoms with Crippen molar-refractivity contribution in [2.75, 3.05) is 0 Å². The van der Waals surface area contributed by atoms with E-state index in [2.05, 4.69) is 17.1 Å². The molecule has 0 aliphatic carbocycles. The molecular formula is C13H19N2+. The number of aromatic nitrogens is 2. The average molecular weight is 203 g/mol. The van der Waals surface area contributed by atoms with Crippen LogP contribution in [0.5, 0.6) is 0 Å². The van der Waals surface area contributed by atoms with Gasteiger partial charge in [-0.3, -0.25) is 4.98 Å². The van der Waals surface area contributed by atoms with Crippen LogP contribution >= 0.6 is 0 Å². The third kappa shape index (κ3) is 3.17. The van der Waals surface area contributed by atoms with Crippen molar-refractivity contribution in [3.05, 3.63) is 49.1 Å². The number of pyridine rings is 2. The fraction of sp³-hybridized carbons (Fsp3) is 0.231. The summed E-state index contributed by atoms with van der Waals surface area (Å²) in [4.78, 5) is 3.98. The van der Waals surface area contributed by atoms with Crippen LogP contribution in [0.25, 0.3) is 11.1 Å². The highest BCUT2D eigenvalue weighted by Crippen LogP contribution is 2.15. The van der Waals surface area contributed by atoms with Crippen LogP contribution in [0.15, 0.2) is 49.1 Å². The molecule has 2 rings (SSSR count). The Labute approximate surface area is 92.2 Å². The molecule has 0 saturated heterocycles. The van der Waals surface area contributed by atoms with Gasteiger partial charge in [0.2, 0.25) is 0 Å². The molecular weight excluding hydrogens is 184 g/mol. The lowest BCUT2D eigenvalue weighted by Gasteiger charge is -1.97. The fourth-order valence-electron chi connectivity index (χ4n) is 1.24. The molecule has 0 saturated carbocycles. The largest absolute Gasteiger partial charge is 0.265 e. The summed E-state index contributed by atoms with van der Waals surface area (Å²) in [6.07, 6.45) is 7.69. The number of nitrogens with zero attached hydrogens (tertiary/aromatic N) is 2. The summed E-state index contributed by atoms with van der Waals surface area (Å²) in [5.74, 6) is 0. The van der Waals surface area contributed by atoms with Gasteiger partial charge in [0.05, 0.1) is 0 Å². The molecule has 0 spiro atoms. The maximum atomic E-state index is 3.98. The van der Waals surface area contributed by atoms with Crippen molar-refractivity contribution in [2.45, 2.75) is 14.9 Å². The summed E-state index contributed by atoms with van der Waals surface area (Å²) in [5, 5.41) is 0. The van der Waals surface area contributed by atoms with Crippen LogP contribution in [0.1, 0.15) is 14.9 Å². The summed E-state index contributed by atoms with van der Waals surface area (Å²) < 4.78 is 2.02. The zero-order valence-electron chi connectivity index (χ0n) is 7.51. The van der Waals surface area contributed by atoms with Crippen LogP contribution in [-0.2, 0) is 7.05 Å². The SMILES string of the molecule is C.C.C[n+]1ccc(-c2ccncc2)cc1. The van der Waals surface area contributed by atoms with Gasteiger partial charge in [-0.1, -0.05) is 14.9 Å². The maximum absolute atomic E-state index is 3.98. The summed E-state index contributed by atoms with van der Waals surface area (Å²) in [6, 6.07) is 8.20. The highest BCUT2D eigenvalue weighted by Gasteiger charge is 1.97. The van der Waals surface area contributed by atoms with Gasteiger partial charge >= 0.3 is 0 Å². The fourth-order valence-corrected chi connectivity index (χ4v) is 1.24. The van der Waals surface area contributed by atoms with E-state index in [1.165, 1.54) is 11.1 Å². The lowest BCUT2D eigenvalue weighted by atomic mass is 10.1. The molecule has 0 N–H and O–H groups in total. The van der Waals surface area contributed by atoms with Gasteiger partial charge in [-0.05, 0) is 23.3 Å². The quantitative estimate of drug-likeness (QED) is 0.651. The second kappa shape index (κ2) is 5.91. The Hall–Kier alpha value is -1.70. The molecule has 2 heteroatoms. The Morgan fingerprint density at radius 2 is 1.33 bits per heavy atom. The average Bonchev–Trinajstić information content (AvgIpc) is 2.20. The van der Waals surface area contributed by atoms with Gasteiger partial charge in [-0.15, -0.1) is 0 Å². The second-order valence-corrected chi connectivity index (χ2v) is 2.99. The Bertz CT molecular complexity index is 379. The van der Waals surface area contributed by atoms with Crippen LogP contribution in [0.4, 0.5) is 0 Å². The molecule has 0 atom stereocenters. The van der Waals surface area contributed by atoms with Gasteiger partial charge in [0, 0.05) is 24.5 Å². The Morgan fingerprint density at radius 1 is 0.867 bits per heavy atom. The van der Waals surface area contributed by atoms with Crippen molar-refractivity contribution < 1.29 is 4.57 Å². The van der Waals surface area contributed by atoms with Gasteiger partial charge in [-0.2, -0.15) is 0 Å². The van der Waals surface area contributed by atoms with Gasteiger partial charge in [0.15, 0.2) is 12.4 Å². The van der Waals surface area contributed by atoms with E-state index < -0.39 is 0 Å². The number of aryl methyl sites for hydroxylation is 1. The minimum atomic E-state index is 0. The molecule has 2 aromatic rings. The number of rotatable bonds is 1. The summed E-state index contributed by atoms with van der Waals surface area (Å²) in [7, 11) is 2.01. The van der Waals surface area contributed by atoms with Crippen LogP contribution in [0.3, 0.4) is 0 Å². The molecule has 2 nitrogen and oxygen atoms in total. The molecule has 0 amide bonds. The third-order valence-electron chi connectivity index (χ3n) is 1.99. The van der Waals surface area contributed by atoms with E-state index in [4.69, 9.17) is 0 Å². The first-order chi connectivity index (χ1) is 6.36. The molecule has 0 fully saturated rings. The second-order valence-electron chi connectivity index (χ2n) is 2.99. The van der Waals surface area contributed by atoms with Crippen molar-refractivity contribution >= 4 is 0 Å². The van der Waals surface area contributed by atoms with E-state index in [9.17, 15) is 0 Å². The zero-order valence-corrected chi connectivity index (χ0v) is 7.51. The summed E-state index contributed by atoms with van der Waals surface area (Å²) in [6.45, 7) is 0. The molecule has 2 aromatic heterocycles. The Balaban J connectivity index is 0.000000980. The Kier molecular flexibility index (Phi) is 5.24. The van der Waals surface area contributed by atoms with Crippen molar-refractivity contribution in [3.63, 3.8) is 0 Å². The number of hydrogen-bond donors (Lipinski definition) is 0. The van der Waals surface area contributed by atoms with E-state index in [0.717, 1.165) is 0 Å². The van der Waals surface area contributed by atoms with Crippen molar-refractivity contribution in [1.29, 1.82) is 0 Å². The van der Waals surface area contributed by atoms with Gasteiger partial charge in [-0.25, -0.2) is 4.57 Å². The van der Waals surface area contributed by atoms with Crippen molar-refractivity contribution in [3.8, 4) is 11.1 Å². The topological polar surface area (TPSA) is 16.8 Å². The molecule has 0 aromatic carbocycles. The standard InChI is InChI=1S/C11H11N2.2CH4/c1-13-8-4-11(5-9-13)10-2-6-12-7-3-10;;/h2-9H,1H3;2*1H4/q+1;;. The van der Waals surface area contributed by atoms with Gasteiger partial charge in [0.25, 0.3) is 0 Å². The van der Waals surface area contributed by atoms with E-state index >= 15 is 0 Å². The lowest BCUT2D eigenvalue weighted by molar-refractivity contribution is -0.671. The maximum Gasteiger partial charge on any atom is 0.169 e. The first-order valence-corrected chi connectivity index (χ1v) is 4.22. The zero-order chi connectivity index (χ0) is 9.10. The molecule has 80 valence electrons. The van der Waals surface area contributed by atoms with E-state index in [1.807, 2.05) is 48.5 Å². The smallest absolute Gasteiger partial charge is 0.169 e. The van der Waals surface area contributed by atoms with E-state index in [-0.39, 0.29) is 14.9 Å². The molecule has 0 aliphatic rings. The number of hydrogen-bond acceptors (Lipinski definition) is 1. The predicted octanol–water partition coefficient (Wildman–Crippen LogP) is 2.85. The van der Waals surface area contributed by atoms with Crippen molar-refractivity contribution in [2.24, 2.45) is 7.05 Å². The first kappa shape index (κ1) is 13.3. The van der Waals surface area contributed by atoms with Gasteiger partial charge in [0.1, 0.15) is 7.05 Å². The molecule has 15 heavy (non-hydrogen) atoms. The third-order valence-corrected chi connectivity index (χ3v) is 1.99. The van der Waals surface area contributed by atoms with Crippen molar-refractivity contribution in [1.82, 2.24) is 4.98 Å². The van der Waals surface area contributed by atoms with Crippen LogP contribution in [-0.4, -0.2) is 4.98 Å². The van der Waals surface area contributed by atoms with E-state index in [0.29, 0.717) is 0 Å². The summed E-state index contributed by atoms with van der Waals surface area (Å²) >= 11 is 0. The van der Waals surface area contributed by atoms with Crippen LogP contribution < -0.4 is 4.57 Å². The normalized spacial score (nSPS) is 8.60. The highest BCUT2D eigenvalue weighted by molar-refractivity contribution is 5.61. The minimum absolute atomic E-state index is 0. The lowest BCUT2D eigenvalue weighted by Crippen LogP contribution is -2.25. The summed E-state index contributed by atoms with van der Waals surface area (Å²) in [5.41, 5.74) is 2.43. The molecule has 0 unspecified atom stereocenters. The molecule has 0 bridgehead atoms. The monoisotopic (exact) mass is 203 g/mol. The van der Waals surface area contributed by atoms with Crippen LogP contribution in [0.2, 0.25) is 0 Å². The van der Waals surface area contributed by atoms with Gasteiger partial charge < -0.3 is 0 Å².